The van der Waals surface area contributed by atoms with Crippen molar-refractivity contribution in [2.75, 3.05) is 0 Å². The minimum atomic E-state index is -1.56. The van der Waals surface area contributed by atoms with Gasteiger partial charge in [-0.3, -0.25) is 0 Å². The van der Waals surface area contributed by atoms with Gasteiger partial charge < -0.3 is 8.85 Å². The summed E-state index contributed by atoms with van der Waals surface area (Å²) in [6.07, 6.45) is 0. The summed E-state index contributed by atoms with van der Waals surface area (Å²) in [5, 5.41) is 0. The van der Waals surface area contributed by atoms with E-state index in [1.807, 2.05) is 0 Å². The van der Waals surface area contributed by atoms with Crippen LogP contribution in [0.5, 0.6) is 11.5 Å². The highest BCUT2D eigenvalue weighted by Crippen LogP contribution is 2.33. The highest BCUT2D eigenvalue weighted by atomic mass is 127. The molecule has 0 atom stereocenters. The van der Waals surface area contributed by atoms with E-state index < -0.39 is 16.6 Å². The molecular weight excluding hydrogens is 486 g/mol. The normalized spacial score (nSPS) is 12.4. The quantitative estimate of drug-likeness (QED) is 0.407. The van der Waals surface area contributed by atoms with Gasteiger partial charge in [-0.2, -0.15) is 0 Å². The smallest absolute Gasteiger partial charge is 0.242 e. The molecule has 2 nitrogen and oxygen atoms in total. The van der Waals surface area contributed by atoms with Gasteiger partial charge in [0.15, 0.2) is 0 Å². The second kappa shape index (κ2) is 6.00. The second-order valence-electron chi connectivity index (χ2n) is 6.14. The molecule has 0 aromatic heterocycles. The largest absolute Gasteiger partial charge is 0.544 e. The first-order valence-electron chi connectivity index (χ1n) is 5.85. The molecule has 1 aromatic carbocycles. The molecule has 0 N–H and O–H groups in total. The first-order valence-corrected chi connectivity index (χ1v) is 14.8. The monoisotopic (exact) mass is 506 g/mol. The van der Waals surface area contributed by atoms with E-state index in [9.17, 15) is 0 Å². The Bertz CT molecular complexity index is 395. The topological polar surface area (TPSA) is 18.5 Å². The molecule has 0 aliphatic carbocycles. The van der Waals surface area contributed by atoms with E-state index in [0.29, 0.717) is 0 Å². The summed E-state index contributed by atoms with van der Waals surface area (Å²) in [6, 6.07) is 4.19. The lowest BCUT2D eigenvalue weighted by Crippen LogP contribution is -2.31. The number of halogens is 2. The van der Waals surface area contributed by atoms with E-state index in [2.05, 4.69) is 96.6 Å². The van der Waals surface area contributed by atoms with Crippen molar-refractivity contribution >= 4 is 61.8 Å². The minimum absolute atomic E-state index is 0.988. The fraction of sp³-hybridized carbons (Fsp3) is 0.500. The molecule has 0 saturated carbocycles. The second-order valence-corrected chi connectivity index (χ2v) is 17.3. The van der Waals surface area contributed by atoms with Gasteiger partial charge in [0.1, 0.15) is 11.5 Å². The van der Waals surface area contributed by atoms with Gasteiger partial charge in [0.05, 0.1) is 7.14 Å². The summed E-state index contributed by atoms with van der Waals surface area (Å²) in [7, 11) is -3.11. The third-order valence-electron chi connectivity index (χ3n) is 1.82. The Labute approximate surface area is 139 Å². The average Bonchev–Trinajstić information content (AvgIpc) is 2.08. The maximum atomic E-state index is 6.08. The highest BCUT2D eigenvalue weighted by Gasteiger charge is 2.21. The van der Waals surface area contributed by atoms with Crippen LogP contribution >= 0.6 is 45.2 Å². The molecule has 0 radical (unpaired) electrons. The van der Waals surface area contributed by atoms with E-state index in [-0.39, 0.29) is 0 Å². The van der Waals surface area contributed by atoms with Crippen LogP contribution in [-0.4, -0.2) is 16.6 Å². The zero-order valence-corrected chi connectivity index (χ0v) is 18.0. The van der Waals surface area contributed by atoms with E-state index in [4.69, 9.17) is 8.85 Å². The van der Waals surface area contributed by atoms with E-state index in [1.165, 1.54) is 0 Å². The Morgan fingerprint density at radius 2 is 1.00 bits per heavy atom. The molecule has 1 aromatic rings. The van der Waals surface area contributed by atoms with Gasteiger partial charge >= 0.3 is 0 Å². The van der Waals surface area contributed by atoms with Crippen molar-refractivity contribution in [1.82, 2.24) is 0 Å². The summed E-state index contributed by atoms with van der Waals surface area (Å²) >= 11 is 4.65. The van der Waals surface area contributed by atoms with Crippen LogP contribution in [0, 0.1) is 7.14 Å². The van der Waals surface area contributed by atoms with Crippen LogP contribution in [0.15, 0.2) is 12.1 Å². The molecule has 1 rings (SSSR count). The molecule has 0 unspecified atom stereocenters. The van der Waals surface area contributed by atoms with Crippen molar-refractivity contribution in [2.24, 2.45) is 0 Å². The molecule has 0 spiro atoms. The van der Waals surface area contributed by atoms with Crippen molar-refractivity contribution in [1.29, 1.82) is 0 Å². The summed E-state index contributed by atoms with van der Waals surface area (Å²) in [4.78, 5) is 0. The van der Waals surface area contributed by atoms with Crippen molar-refractivity contribution in [3.63, 3.8) is 0 Å². The van der Waals surface area contributed by atoms with E-state index in [1.54, 1.807) is 0 Å². The first kappa shape index (κ1) is 16.8. The predicted molar refractivity (Wildman–Crippen MR) is 99.8 cm³/mol. The van der Waals surface area contributed by atoms with Crippen LogP contribution in [-0.2, 0) is 0 Å². The van der Waals surface area contributed by atoms with Gasteiger partial charge in [-0.15, -0.1) is 0 Å². The van der Waals surface area contributed by atoms with Crippen LogP contribution in [0.25, 0.3) is 0 Å². The van der Waals surface area contributed by atoms with Crippen molar-refractivity contribution in [2.45, 2.75) is 39.3 Å². The molecule has 0 heterocycles. The number of hydrogen-bond acceptors (Lipinski definition) is 2. The molecule has 0 aliphatic heterocycles. The van der Waals surface area contributed by atoms with Crippen LogP contribution in [0.1, 0.15) is 0 Å². The molecular formula is C12H20I2O2Si2. The summed E-state index contributed by atoms with van der Waals surface area (Å²) in [5.41, 5.74) is 0. The lowest BCUT2D eigenvalue weighted by atomic mass is 10.3. The standard InChI is InChI=1S/C12H20I2O2Si2/c1-17(2,3)15-11-7-10(14)12(8-9(11)13)16-18(4,5)6/h7-8H,1-6H3. The van der Waals surface area contributed by atoms with Crippen LogP contribution in [0.2, 0.25) is 39.3 Å². The van der Waals surface area contributed by atoms with Crippen molar-refractivity contribution in [3.05, 3.63) is 19.3 Å². The third-order valence-corrected chi connectivity index (χ3v) is 5.17. The Balaban J connectivity index is 3.05. The predicted octanol–water partition coefficient (Wildman–Crippen LogP) is 5.32. The molecule has 102 valence electrons. The Hall–Kier alpha value is 0.714. The summed E-state index contributed by atoms with van der Waals surface area (Å²) in [5.74, 6) is 1.98. The molecule has 6 heteroatoms. The number of rotatable bonds is 4. The van der Waals surface area contributed by atoms with Gasteiger partial charge in [-0.25, -0.2) is 0 Å². The van der Waals surface area contributed by atoms with Gasteiger partial charge in [0.25, 0.3) is 0 Å². The summed E-state index contributed by atoms with van der Waals surface area (Å²) in [6.45, 7) is 13.2. The fourth-order valence-corrected chi connectivity index (χ4v) is 4.50. The Kier molecular flexibility index (Phi) is 5.59. The molecule has 0 aliphatic rings. The van der Waals surface area contributed by atoms with E-state index >= 15 is 0 Å². The Morgan fingerprint density at radius 3 is 1.22 bits per heavy atom. The van der Waals surface area contributed by atoms with Gasteiger partial charge in [0.2, 0.25) is 16.6 Å². The van der Waals surface area contributed by atoms with E-state index in [0.717, 1.165) is 18.6 Å². The van der Waals surface area contributed by atoms with Crippen LogP contribution in [0.4, 0.5) is 0 Å². The number of hydrogen-bond donors (Lipinski definition) is 0. The van der Waals surface area contributed by atoms with Gasteiger partial charge in [0, 0.05) is 0 Å². The van der Waals surface area contributed by atoms with Gasteiger partial charge in [-0.1, -0.05) is 0 Å². The summed E-state index contributed by atoms with van der Waals surface area (Å²) < 4.78 is 14.4. The molecule has 0 saturated heterocycles. The molecule has 0 bridgehead atoms. The zero-order valence-electron chi connectivity index (χ0n) is 11.7. The zero-order chi connectivity index (χ0) is 14.1. The average molecular weight is 506 g/mol. The number of benzene rings is 1. The maximum Gasteiger partial charge on any atom is 0.242 e. The van der Waals surface area contributed by atoms with Crippen molar-refractivity contribution in [3.8, 4) is 11.5 Å². The van der Waals surface area contributed by atoms with Crippen molar-refractivity contribution < 1.29 is 8.85 Å². The minimum Gasteiger partial charge on any atom is -0.544 e. The first-order chi connectivity index (χ1) is 7.98. The lowest BCUT2D eigenvalue weighted by Gasteiger charge is -2.24. The van der Waals surface area contributed by atoms with Crippen LogP contribution in [0.3, 0.4) is 0 Å². The van der Waals surface area contributed by atoms with Crippen LogP contribution < -0.4 is 8.85 Å². The SMILES string of the molecule is C[Si](C)(C)Oc1cc(I)c(O[Si](C)(C)C)cc1I. The fourth-order valence-electron chi connectivity index (χ4n) is 1.33. The highest BCUT2D eigenvalue weighted by molar-refractivity contribution is 14.1. The molecule has 0 amide bonds. The third kappa shape index (κ3) is 5.78. The van der Waals surface area contributed by atoms with Gasteiger partial charge in [-0.05, 0) is 96.6 Å². The Morgan fingerprint density at radius 1 is 0.722 bits per heavy atom. The lowest BCUT2D eigenvalue weighted by molar-refractivity contribution is 0.535. The molecule has 0 fully saturated rings. The molecule has 18 heavy (non-hydrogen) atoms. The maximum absolute atomic E-state index is 6.08.